The number of imidazole rings is 2. The minimum atomic E-state index is -0.454. The average molecular weight is 1250 g/mol. The molecule has 8 aromatic heterocycles. The predicted molar refractivity (Wildman–Crippen MR) is 373 cm³/mol. The molecule has 0 amide bonds. The molecule has 1 aliphatic heterocycles. The lowest BCUT2D eigenvalue weighted by Gasteiger charge is -2.32. The number of pyridine rings is 6. The van der Waals surface area contributed by atoms with Crippen LogP contribution in [0.25, 0.3) is 133 Å². The SMILES string of the molecule is CC1(C)OB(c2ccc3c(c2)c2cc(-c4cccc(-c5ccccn5)n4)ccc2c2nc4ccccc4n32)OC1(C)C.N#Cc1ccc(-c2ccc3c(c2)c2cc(-c4cccc(-c5ccccn5)n4)ccc2c2nc4ccccc4n32)cc1.N#Cc1ccc(Br)cc1. The molecule has 438 valence electrons. The van der Waals surface area contributed by atoms with Crippen molar-refractivity contribution in [2.24, 2.45) is 0 Å². The maximum atomic E-state index is 9.26. The van der Waals surface area contributed by atoms with Crippen LogP contribution in [0.15, 0.2) is 260 Å². The second-order valence-corrected chi connectivity index (χ2v) is 24.6. The first-order chi connectivity index (χ1) is 44.9. The van der Waals surface area contributed by atoms with E-state index in [4.69, 9.17) is 34.5 Å². The van der Waals surface area contributed by atoms with Gasteiger partial charge in [-0.2, -0.15) is 10.5 Å². The van der Waals surface area contributed by atoms with Gasteiger partial charge in [-0.3, -0.25) is 18.8 Å². The van der Waals surface area contributed by atoms with Gasteiger partial charge in [0.05, 0.1) is 102 Å². The number of halogens is 1. The number of benzene rings is 8. The van der Waals surface area contributed by atoms with Gasteiger partial charge in [-0.1, -0.05) is 107 Å². The van der Waals surface area contributed by atoms with E-state index in [0.717, 1.165) is 143 Å². The topological polar surface area (TPSA) is 152 Å². The van der Waals surface area contributed by atoms with Crippen molar-refractivity contribution in [1.29, 1.82) is 10.5 Å². The summed E-state index contributed by atoms with van der Waals surface area (Å²) in [5.74, 6) is 0. The number of aromatic nitrogens is 8. The monoisotopic (exact) mass is 1250 g/mol. The summed E-state index contributed by atoms with van der Waals surface area (Å²) in [5, 5.41) is 24.2. The fourth-order valence-corrected chi connectivity index (χ4v) is 12.4. The highest BCUT2D eigenvalue weighted by Gasteiger charge is 2.51. The van der Waals surface area contributed by atoms with Crippen LogP contribution in [-0.2, 0) is 9.31 Å². The second kappa shape index (κ2) is 23.3. The maximum Gasteiger partial charge on any atom is 0.494 e. The third-order valence-electron chi connectivity index (χ3n) is 17.5. The Kier molecular flexibility index (Phi) is 14.5. The first kappa shape index (κ1) is 57.2. The first-order valence-electron chi connectivity index (χ1n) is 30.2. The summed E-state index contributed by atoms with van der Waals surface area (Å²) in [5.41, 5.74) is 19.0. The molecule has 1 saturated heterocycles. The standard InChI is InChI=1S/C36H21N5.C35H29BN4O2.C7H4BrN/c37-22-23-11-13-24(14-12-23)25-16-18-34-29(20-25)28-21-26(30-8-5-9-32(39-30)31-6-3-4-19-38-31)15-17-27(28)36-40-33-7-1-2-10-35(33)41(34)36;1-34(2)35(3,4)42-36(41-34)23-16-18-31-26(21-23)25-20-22(27-12-9-13-29(38-27)28-10-7-8-19-37-28)15-17-24(25)33-39-30-11-5-6-14-32(30)40(31)33;8-7-3-1-6(5-9)2-4-7/h1-21H;5-21H,1-4H3;1-4H. The van der Waals surface area contributed by atoms with Gasteiger partial charge in [-0.15, -0.1) is 0 Å². The van der Waals surface area contributed by atoms with E-state index in [1.54, 1.807) is 24.5 Å². The van der Waals surface area contributed by atoms with Crippen LogP contribution in [0.5, 0.6) is 0 Å². The fourth-order valence-electron chi connectivity index (χ4n) is 12.1. The van der Waals surface area contributed by atoms with E-state index in [1.807, 2.05) is 127 Å². The van der Waals surface area contributed by atoms with E-state index in [2.05, 4.69) is 178 Å². The Morgan fingerprint density at radius 1 is 0.370 bits per heavy atom. The molecule has 14 heteroatoms. The number of nitrogens with zero attached hydrogens (tertiary/aromatic N) is 10. The van der Waals surface area contributed by atoms with E-state index in [0.29, 0.717) is 11.1 Å². The summed E-state index contributed by atoms with van der Waals surface area (Å²) < 4.78 is 18.4. The molecular weight excluding hydrogens is 1200 g/mol. The molecule has 0 N–H and O–H groups in total. The zero-order valence-corrected chi connectivity index (χ0v) is 52.1. The molecule has 0 bridgehead atoms. The van der Waals surface area contributed by atoms with Gasteiger partial charge in [-0.05, 0) is 207 Å². The molecule has 1 aliphatic rings. The molecule has 8 aromatic carbocycles. The van der Waals surface area contributed by atoms with E-state index >= 15 is 0 Å². The van der Waals surface area contributed by atoms with Gasteiger partial charge in [-0.25, -0.2) is 19.9 Å². The van der Waals surface area contributed by atoms with Crippen LogP contribution in [0.2, 0.25) is 0 Å². The Bertz CT molecular complexity index is 5630. The molecule has 0 atom stereocenters. The van der Waals surface area contributed by atoms with Gasteiger partial charge < -0.3 is 9.31 Å². The molecule has 0 saturated carbocycles. The molecule has 0 aliphatic carbocycles. The number of hydrogen-bond acceptors (Lipinski definition) is 10. The number of rotatable bonds is 6. The molecule has 12 nitrogen and oxygen atoms in total. The van der Waals surface area contributed by atoms with Crippen LogP contribution >= 0.6 is 15.9 Å². The maximum absolute atomic E-state index is 9.26. The average Bonchev–Trinajstić information content (AvgIpc) is 1.48. The van der Waals surface area contributed by atoms with Crippen molar-refractivity contribution in [2.45, 2.75) is 38.9 Å². The van der Waals surface area contributed by atoms with Crippen molar-refractivity contribution in [3.05, 3.63) is 271 Å². The number of nitriles is 2. The lowest BCUT2D eigenvalue weighted by atomic mass is 9.78. The van der Waals surface area contributed by atoms with E-state index < -0.39 is 18.3 Å². The largest absolute Gasteiger partial charge is 0.494 e. The van der Waals surface area contributed by atoms with E-state index in [1.165, 1.54) is 0 Å². The minimum Gasteiger partial charge on any atom is -0.399 e. The first-order valence-corrected chi connectivity index (χ1v) is 31.0. The van der Waals surface area contributed by atoms with Gasteiger partial charge in [0.2, 0.25) is 0 Å². The molecule has 0 radical (unpaired) electrons. The molecule has 17 rings (SSSR count). The Hall–Kier alpha value is -11.3. The molecule has 1 fully saturated rings. The van der Waals surface area contributed by atoms with Gasteiger partial charge in [0, 0.05) is 49.5 Å². The lowest BCUT2D eigenvalue weighted by molar-refractivity contribution is 0.00578. The third-order valence-corrected chi connectivity index (χ3v) is 18.0. The van der Waals surface area contributed by atoms with Gasteiger partial charge in [0.25, 0.3) is 0 Å². The molecule has 9 heterocycles. The summed E-state index contributed by atoms with van der Waals surface area (Å²) in [4.78, 5) is 29.1. The van der Waals surface area contributed by atoms with Crippen molar-refractivity contribution < 1.29 is 9.31 Å². The molecule has 0 unspecified atom stereocenters. The highest BCUT2D eigenvalue weighted by Crippen LogP contribution is 2.40. The normalized spacial score (nSPS) is 13.3. The summed E-state index contributed by atoms with van der Waals surface area (Å²) in [6.45, 7) is 8.35. The van der Waals surface area contributed by atoms with Crippen LogP contribution in [0.3, 0.4) is 0 Å². The van der Waals surface area contributed by atoms with Crippen molar-refractivity contribution in [1.82, 2.24) is 38.7 Å². The van der Waals surface area contributed by atoms with Crippen molar-refractivity contribution in [2.75, 3.05) is 0 Å². The fraction of sp³-hybridized carbons (Fsp3) is 0.0769. The minimum absolute atomic E-state index is 0.420. The Balaban J connectivity index is 0.000000134. The summed E-state index contributed by atoms with van der Waals surface area (Å²) in [7, 11) is -0.454. The van der Waals surface area contributed by atoms with Crippen molar-refractivity contribution in [3.63, 3.8) is 0 Å². The van der Waals surface area contributed by atoms with Crippen molar-refractivity contribution in [3.8, 4) is 68.6 Å². The Morgan fingerprint density at radius 2 is 0.793 bits per heavy atom. The van der Waals surface area contributed by atoms with Gasteiger partial charge in [0.15, 0.2) is 0 Å². The van der Waals surface area contributed by atoms with Crippen molar-refractivity contribution >= 4 is 105 Å². The van der Waals surface area contributed by atoms with Crippen LogP contribution in [0.1, 0.15) is 38.8 Å². The quantitative estimate of drug-likeness (QED) is 0.116. The van der Waals surface area contributed by atoms with Gasteiger partial charge >= 0.3 is 7.12 Å². The zero-order valence-electron chi connectivity index (χ0n) is 50.5. The highest BCUT2D eigenvalue weighted by atomic mass is 79.9. The Labute approximate surface area is 538 Å². The number of fused-ring (bicyclic) bond motifs is 16. The van der Waals surface area contributed by atoms with E-state index in [-0.39, 0.29) is 0 Å². The third kappa shape index (κ3) is 10.4. The summed E-state index contributed by atoms with van der Waals surface area (Å²) in [6.07, 6.45) is 3.58. The summed E-state index contributed by atoms with van der Waals surface area (Å²) in [6, 6.07) is 85.8. The van der Waals surface area contributed by atoms with Crippen LogP contribution < -0.4 is 5.46 Å². The number of hydrogen-bond donors (Lipinski definition) is 0. The zero-order chi connectivity index (χ0) is 62.7. The highest BCUT2D eigenvalue weighted by molar-refractivity contribution is 9.10. The molecule has 92 heavy (non-hydrogen) atoms. The second-order valence-electron chi connectivity index (χ2n) is 23.7. The number of para-hydroxylation sites is 4. The van der Waals surface area contributed by atoms with Crippen LogP contribution in [-0.4, -0.2) is 57.0 Å². The molecular formula is C78H54BBrN10O2. The molecule has 0 spiro atoms. The lowest BCUT2D eigenvalue weighted by Crippen LogP contribution is -2.41. The smallest absolute Gasteiger partial charge is 0.399 e. The van der Waals surface area contributed by atoms with Crippen LogP contribution in [0, 0.1) is 22.7 Å². The summed E-state index contributed by atoms with van der Waals surface area (Å²) >= 11 is 3.27. The molecule has 16 aromatic rings. The van der Waals surface area contributed by atoms with Gasteiger partial charge in [0.1, 0.15) is 11.3 Å². The van der Waals surface area contributed by atoms with E-state index in [9.17, 15) is 5.26 Å². The predicted octanol–water partition coefficient (Wildman–Crippen LogP) is 18.0. The van der Waals surface area contributed by atoms with Crippen LogP contribution in [0.4, 0.5) is 0 Å². The Morgan fingerprint density at radius 3 is 1.29 bits per heavy atom.